The lowest BCUT2D eigenvalue weighted by molar-refractivity contribution is -0.137. The first-order valence-corrected chi connectivity index (χ1v) is 13.9. The maximum Gasteiger partial charge on any atom is 0.416 e. The topological polar surface area (TPSA) is 104 Å². The Morgan fingerprint density at radius 2 is 1.58 bits per heavy atom. The van der Waals surface area contributed by atoms with Gasteiger partial charge in [0.25, 0.3) is 0 Å². The molecule has 13 heteroatoms. The molecule has 7 rings (SSSR count). The summed E-state index contributed by atoms with van der Waals surface area (Å²) in [6, 6.07) is 18.8. The van der Waals surface area contributed by atoms with Gasteiger partial charge in [0, 0.05) is 32.4 Å². The number of nitrogens with one attached hydrogen (secondary N) is 2. The van der Waals surface area contributed by atoms with Gasteiger partial charge in [-0.15, -0.1) is 0 Å². The van der Waals surface area contributed by atoms with E-state index in [0.29, 0.717) is 54.7 Å². The number of anilines is 3. The second-order valence-corrected chi connectivity index (χ2v) is 10.3. The minimum atomic E-state index is -4.39. The van der Waals surface area contributed by atoms with E-state index >= 15 is 0 Å². The van der Waals surface area contributed by atoms with Gasteiger partial charge in [0.1, 0.15) is 11.6 Å². The summed E-state index contributed by atoms with van der Waals surface area (Å²) in [5.41, 5.74) is 2.99. The number of halogens is 3. The number of imidazole rings is 2. The third-order valence-electron chi connectivity index (χ3n) is 7.48. The van der Waals surface area contributed by atoms with Gasteiger partial charge in [-0.3, -0.25) is 0 Å². The van der Waals surface area contributed by atoms with Crippen molar-refractivity contribution in [3.8, 4) is 0 Å². The summed E-state index contributed by atoms with van der Waals surface area (Å²) in [5, 5.41) is 3.39. The van der Waals surface area contributed by atoms with E-state index in [1.807, 2.05) is 47.0 Å². The molecule has 4 aromatic heterocycles. The molecule has 1 aliphatic rings. The molecule has 0 saturated carbocycles. The number of piperazine rings is 1. The normalized spacial score (nSPS) is 14.1. The summed E-state index contributed by atoms with van der Waals surface area (Å²) in [7, 11) is 0. The van der Waals surface area contributed by atoms with Gasteiger partial charge in [-0.05, 0) is 42.0 Å². The lowest BCUT2D eigenvalue weighted by atomic mass is 10.1. The summed E-state index contributed by atoms with van der Waals surface area (Å²) < 4.78 is 41.1. The van der Waals surface area contributed by atoms with Crippen LogP contribution in [0.3, 0.4) is 0 Å². The number of aromatic nitrogens is 7. The standard InChI is InChI=1S/C30H27F3N10/c31-30(32,33)21-10-8-20(9-11-21)18-43-19-36-26-27(35-17-24-37-22-5-1-2-6-23(22)38-24)39-29(40-28(26)43)42-15-13-41(14-16-42)25-7-3-4-12-34-25/h1-12,19H,13-18H2,(H,37,38)(H,35,39,40). The van der Waals surface area contributed by atoms with Gasteiger partial charge >= 0.3 is 6.18 Å². The number of pyridine rings is 1. The molecule has 0 atom stereocenters. The van der Waals surface area contributed by atoms with E-state index < -0.39 is 11.7 Å². The zero-order chi connectivity index (χ0) is 29.4. The van der Waals surface area contributed by atoms with Crippen LogP contribution in [0.1, 0.15) is 17.0 Å². The molecule has 10 nitrogen and oxygen atoms in total. The fraction of sp³-hybridized carbons (Fsp3) is 0.233. The molecule has 6 aromatic rings. The third-order valence-corrected chi connectivity index (χ3v) is 7.48. The quantitative estimate of drug-likeness (QED) is 0.267. The molecule has 2 aromatic carbocycles. The number of H-pyrrole nitrogens is 1. The highest BCUT2D eigenvalue weighted by molar-refractivity contribution is 5.84. The summed E-state index contributed by atoms with van der Waals surface area (Å²) in [6.07, 6.45) is -0.952. The molecule has 0 spiro atoms. The van der Waals surface area contributed by atoms with Crippen molar-refractivity contribution in [2.45, 2.75) is 19.3 Å². The highest BCUT2D eigenvalue weighted by atomic mass is 19.4. The Hall–Kier alpha value is -5.20. The van der Waals surface area contributed by atoms with E-state index in [0.717, 1.165) is 47.9 Å². The van der Waals surface area contributed by atoms with E-state index in [9.17, 15) is 13.2 Å². The van der Waals surface area contributed by atoms with Gasteiger partial charge in [-0.2, -0.15) is 23.1 Å². The Bertz CT molecular complexity index is 1820. The van der Waals surface area contributed by atoms with Crippen LogP contribution < -0.4 is 15.1 Å². The molecule has 0 bridgehead atoms. The average molecular weight is 585 g/mol. The number of hydrogen-bond acceptors (Lipinski definition) is 8. The second kappa shape index (κ2) is 10.9. The van der Waals surface area contributed by atoms with Gasteiger partial charge < -0.3 is 24.7 Å². The van der Waals surface area contributed by atoms with E-state index in [1.54, 1.807) is 12.5 Å². The summed E-state index contributed by atoms with van der Waals surface area (Å²) >= 11 is 0. The van der Waals surface area contributed by atoms with Gasteiger partial charge in [0.15, 0.2) is 17.0 Å². The Balaban J connectivity index is 1.18. The SMILES string of the molecule is FC(F)(F)c1ccc(Cn2cnc3c(NCc4nc5ccccc5[nH]4)nc(N4CCN(c5ccccn5)CC4)nc32)cc1. The molecule has 0 unspecified atom stereocenters. The number of alkyl halides is 3. The van der Waals surface area contributed by atoms with Crippen molar-refractivity contribution in [2.75, 3.05) is 41.3 Å². The van der Waals surface area contributed by atoms with Crippen molar-refractivity contribution in [1.82, 2.24) is 34.5 Å². The number of hydrogen-bond donors (Lipinski definition) is 2. The van der Waals surface area contributed by atoms with E-state index in [2.05, 4.69) is 35.1 Å². The van der Waals surface area contributed by atoms with Crippen LogP contribution in [0.15, 0.2) is 79.3 Å². The molecule has 43 heavy (non-hydrogen) atoms. The minimum absolute atomic E-state index is 0.307. The number of fused-ring (bicyclic) bond motifs is 2. The lowest BCUT2D eigenvalue weighted by Crippen LogP contribution is -2.47. The highest BCUT2D eigenvalue weighted by Crippen LogP contribution is 2.30. The average Bonchev–Trinajstić information content (AvgIpc) is 3.64. The first-order chi connectivity index (χ1) is 20.9. The molecule has 1 aliphatic heterocycles. The molecule has 0 radical (unpaired) electrons. The molecular formula is C30H27F3N10. The number of rotatable bonds is 7. The van der Waals surface area contributed by atoms with Crippen molar-refractivity contribution in [2.24, 2.45) is 0 Å². The maximum atomic E-state index is 13.1. The Kier molecular flexibility index (Phi) is 6.76. The van der Waals surface area contributed by atoms with Crippen LogP contribution >= 0.6 is 0 Å². The summed E-state index contributed by atoms with van der Waals surface area (Å²) in [5.74, 6) is 2.79. The first kappa shape index (κ1) is 26.7. The van der Waals surface area contributed by atoms with Crippen LogP contribution in [0.2, 0.25) is 0 Å². The Morgan fingerprint density at radius 3 is 2.33 bits per heavy atom. The van der Waals surface area contributed by atoms with Gasteiger partial charge in [-0.25, -0.2) is 15.0 Å². The summed E-state index contributed by atoms with van der Waals surface area (Å²) in [6.45, 7) is 3.59. The largest absolute Gasteiger partial charge is 0.416 e. The van der Waals surface area contributed by atoms with Crippen molar-refractivity contribution in [3.63, 3.8) is 0 Å². The predicted octanol–water partition coefficient (Wildman–Crippen LogP) is 5.10. The highest BCUT2D eigenvalue weighted by Gasteiger charge is 2.30. The van der Waals surface area contributed by atoms with Crippen molar-refractivity contribution < 1.29 is 13.2 Å². The van der Waals surface area contributed by atoms with Crippen LogP contribution in [-0.4, -0.2) is 60.6 Å². The predicted molar refractivity (Wildman–Crippen MR) is 158 cm³/mol. The first-order valence-electron chi connectivity index (χ1n) is 13.9. The van der Waals surface area contributed by atoms with Crippen molar-refractivity contribution in [1.29, 1.82) is 0 Å². The fourth-order valence-electron chi connectivity index (χ4n) is 5.24. The minimum Gasteiger partial charge on any atom is -0.361 e. The number of benzene rings is 2. The van der Waals surface area contributed by atoms with Crippen LogP contribution in [-0.2, 0) is 19.3 Å². The van der Waals surface area contributed by atoms with Crippen LogP contribution in [0.5, 0.6) is 0 Å². The third kappa shape index (κ3) is 5.53. The molecule has 218 valence electrons. The molecule has 1 saturated heterocycles. The monoisotopic (exact) mass is 584 g/mol. The molecule has 0 amide bonds. The number of nitrogens with zero attached hydrogens (tertiary/aromatic N) is 8. The molecule has 2 N–H and O–H groups in total. The van der Waals surface area contributed by atoms with Gasteiger partial charge in [0.05, 0.1) is 36.0 Å². The molecule has 1 fully saturated rings. The van der Waals surface area contributed by atoms with Crippen molar-refractivity contribution >= 4 is 39.8 Å². The summed E-state index contributed by atoms with van der Waals surface area (Å²) in [4.78, 5) is 31.2. The molecular weight excluding hydrogens is 557 g/mol. The van der Waals surface area contributed by atoms with Gasteiger partial charge in [0.2, 0.25) is 5.95 Å². The van der Waals surface area contributed by atoms with Crippen LogP contribution in [0.4, 0.5) is 30.8 Å². The fourth-order valence-corrected chi connectivity index (χ4v) is 5.24. The molecule has 0 aliphatic carbocycles. The van der Waals surface area contributed by atoms with Crippen molar-refractivity contribution in [3.05, 3.63) is 96.2 Å². The second-order valence-electron chi connectivity index (χ2n) is 10.3. The van der Waals surface area contributed by atoms with Crippen LogP contribution in [0.25, 0.3) is 22.2 Å². The maximum absolute atomic E-state index is 13.1. The lowest BCUT2D eigenvalue weighted by Gasteiger charge is -2.35. The molecule has 5 heterocycles. The zero-order valence-corrected chi connectivity index (χ0v) is 23.0. The zero-order valence-electron chi connectivity index (χ0n) is 23.0. The number of para-hydroxylation sites is 2. The van der Waals surface area contributed by atoms with Gasteiger partial charge in [-0.1, -0.05) is 30.3 Å². The van der Waals surface area contributed by atoms with E-state index in [-0.39, 0.29) is 0 Å². The number of aromatic amines is 1. The smallest absolute Gasteiger partial charge is 0.361 e. The Morgan fingerprint density at radius 1 is 0.814 bits per heavy atom. The van der Waals surface area contributed by atoms with E-state index in [1.165, 1.54) is 12.1 Å². The Labute approximate surface area is 244 Å². The van der Waals surface area contributed by atoms with E-state index in [4.69, 9.17) is 9.97 Å². The van der Waals surface area contributed by atoms with Crippen LogP contribution in [0, 0.1) is 0 Å².